The molecule has 4 nitrogen and oxygen atoms in total. The highest BCUT2D eigenvalue weighted by molar-refractivity contribution is 5.86. The van der Waals surface area contributed by atoms with E-state index in [-0.39, 0.29) is 0 Å². The molecule has 0 N–H and O–H groups in total. The summed E-state index contributed by atoms with van der Waals surface area (Å²) >= 11 is 0. The Balaban J connectivity index is 1.05. The highest BCUT2D eigenvalue weighted by atomic mass is 15.0. The monoisotopic (exact) mass is 766 g/mol. The predicted octanol–water partition coefficient (Wildman–Crippen LogP) is 14.3. The molecule has 8 aromatic carbocycles. The Morgan fingerprint density at radius 3 is 1.03 bits per heavy atom. The van der Waals surface area contributed by atoms with E-state index >= 15 is 0 Å². The van der Waals surface area contributed by atoms with Crippen molar-refractivity contribution in [3.05, 3.63) is 231 Å². The van der Waals surface area contributed by atoms with Crippen LogP contribution in [0.2, 0.25) is 0 Å². The Kier molecular flexibility index (Phi) is 9.92. The summed E-state index contributed by atoms with van der Waals surface area (Å²) < 4.78 is 0. The highest BCUT2D eigenvalue weighted by Crippen LogP contribution is 2.37. The average Bonchev–Trinajstić information content (AvgIpc) is 3.35. The summed E-state index contributed by atoms with van der Waals surface area (Å²) in [5.41, 5.74) is 15.9. The van der Waals surface area contributed by atoms with Gasteiger partial charge in [-0.25, -0.2) is 15.0 Å². The van der Waals surface area contributed by atoms with Gasteiger partial charge in [-0.15, -0.1) is 0 Å². The second-order valence-electron chi connectivity index (χ2n) is 14.7. The first-order valence-corrected chi connectivity index (χ1v) is 20.1. The van der Waals surface area contributed by atoms with Crippen molar-refractivity contribution in [2.45, 2.75) is 0 Å². The van der Waals surface area contributed by atoms with E-state index in [2.05, 4.69) is 200 Å². The number of pyridine rings is 1. The van der Waals surface area contributed by atoms with E-state index in [9.17, 15) is 0 Å². The first-order valence-electron chi connectivity index (χ1n) is 20.1. The molecule has 0 fully saturated rings. The fourth-order valence-corrected chi connectivity index (χ4v) is 7.65. The number of nitrogens with zero attached hydrogens (tertiary/aromatic N) is 4. The average molecular weight is 767 g/mol. The first-order chi connectivity index (χ1) is 29.7. The fourth-order valence-electron chi connectivity index (χ4n) is 7.65. The van der Waals surface area contributed by atoms with Gasteiger partial charge in [0.2, 0.25) is 0 Å². The van der Waals surface area contributed by atoms with Gasteiger partial charge in [0.1, 0.15) is 0 Å². The summed E-state index contributed by atoms with van der Waals surface area (Å²) in [7, 11) is 0. The fraction of sp³-hybridized carbons (Fsp3) is 0. The molecule has 60 heavy (non-hydrogen) atoms. The number of hydrogen-bond donors (Lipinski definition) is 0. The molecule has 0 aliphatic carbocycles. The first kappa shape index (κ1) is 36.3. The molecule has 0 aliphatic heterocycles. The quantitative estimate of drug-likeness (QED) is 0.147. The molecule has 0 radical (unpaired) electrons. The standard InChI is InChI=1S/C56H38N4/c1-5-15-39(16-6-1)42-27-31-45(32-28-42)54-58-55(46-33-29-43(30-34-46)40-17-7-2-8-18-40)60-56(59-54)50-26-14-24-48(36-50)47-23-13-25-49(35-47)52-37-51(41-19-9-3-10-20-41)38-57-53(52)44-21-11-4-12-22-44/h1-38H. The van der Waals surface area contributed by atoms with Gasteiger partial charge in [0.15, 0.2) is 17.5 Å². The molecule has 0 saturated carbocycles. The van der Waals surface area contributed by atoms with Crippen molar-refractivity contribution in [3.8, 4) is 101 Å². The van der Waals surface area contributed by atoms with Gasteiger partial charge in [-0.3, -0.25) is 4.98 Å². The third-order valence-corrected chi connectivity index (χ3v) is 10.8. The van der Waals surface area contributed by atoms with Crippen molar-refractivity contribution in [3.63, 3.8) is 0 Å². The Bertz CT molecular complexity index is 2940. The van der Waals surface area contributed by atoms with Crippen LogP contribution in [0.15, 0.2) is 231 Å². The Labute approximate surface area is 350 Å². The molecular weight excluding hydrogens is 729 g/mol. The summed E-state index contributed by atoms with van der Waals surface area (Å²) in [6.07, 6.45) is 1.97. The molecule has 2 aromatic heterocycles. The van der Waals surface area contributed by atoms with Crippen molar-refractivity contribution in [1.82, 2.24) is 19.9 Å². The van der Waals surface area contributed by atoms with Crippen LogP contribution in [0.4, 0.5) is 0 Å². The molecule has 4 heteroatoms. The lowest BCUT2D eigenvalue weighted by atomic mass is 9.93. The smallest absolute Gasteiger partial charge is 0.164 e. The second-order valence-corrected chi connectivity index (χ2v) is 14.7. The van der Waals surface area contributed by atoms with Gasteiger partial charge in [0.25, 0.3) is 0 Å². The Morgan fingerprint density at radius 1 is 0.217 bits per heavy atom. The van der Waals surface area contributed by atoms with E-state index in [0.29, 0.717) is 17.5 Å². The summed E-state index contributed by atoms with van der Waals surface area (Å²) in [6, 6.07) is 78.0. The molecule has 0 bridgehead atoms. The minimum atomic E-state index is 0.610. The van der Waals surface area contributed by atoms with E-state index in [1.807, 2.05) is 30.5 Å². The molecule has 0 unspecified atom stereocenters. The van der Waals surface area contributed by atoms with E-state index in [1.165, 1.54) is 0 Å². The molecule has 0 aliphatic rings. The predicted molar refractivity (Wildman–Crippen MR) is 247 cm³/mol. The topological polar surface area (TPSA) is 51.6 Å². The van der Waals surface area contributed by atoms with Crippen LogP contribution in [-0.2, 0) is 0 Å². The molecular formula is C56H38N4. The van der Waals surface area contributed by atoms with Crippen LogP contribution in [0.3, 0.4) is 0 Å². The summed E-state index contributed by atoms with van der Waals surface area (Å²) in [4.78, 5) is 20.3. The minimum Gasteiger partial charge on any atom is -0.255 e. The lowest BCUT2D eigenvalue weighted by molar-refractivity contribution is 1.07. The summed E-state index contributed by atoms with van der Waals surface area (Å²) in [5.74, 6) is 1.85. The van der Waals surface area contributed by atoms with Gasteiger partial charge in [0, 0.05) is 39.6 Å². The van der Waals surface area contributed by atoms with Crippen molar-refractivity contribution < 1.29 is 0 Å². The SMILES string of the molecule is c1ccc(-c2ccc(-c3nc(-c4ccc(-c5ccccc5)cc4)nc(-c4cccc(-c5cccc(-c6cc(-c7ccccc7)cnc6-c6ccccc6)c5)c4)n3)cc2)cc1. The van der Waals surface area contributed by atoms with Gasteiger partial charge >= 0.3 is 0 Å². The maximum atomic E-state index is 5.12. The van der Waals surface area contributed by atoms with Crippen LogP contribution in [0.1, 0.15) is 0 Å². The zero-order chi connectivity index (χ0) is 40.1. The molecule has 0 amide bonds. The van der Waals surface area contributed by atoms with Crippen LogP contribution in [-0.4, -0.2) is 19.9 Å². The Morgan fingerprint density at radius 2 is 0.550 bits per heavy atom. The van der Waals surface area contributed by atoms with Gasteiger partial charge < -0.3 is 0 Å². The zero-order valence-corrected chi connectivity index (χ0v) is 32.7. The van der Waals surface area contributed by atoms with Crippen molar-refractivity contribution >= 4 is 0 Å². The summed E-state index contributed by atoms with van der Waals surface area (Å²) in [6.45, 7) is 0. The maximum absolute atomic E-state index is 5.12. The van der Waals surface area contributed by atoms with Gasteiger partial charge in [-0.05, 0) is 62.7 Å². The lowest BCUT2D eigenvalue weighted by Gasteiger charge is -2.14. The number of benzene rings is 8. The normalized spacial score (nSPS) is 11.0. The number of hydrogen-bond acceptors (Lipinski definition) is 4. The molecule has 0 saturated heterocycles. The van der Waals surface area contributed by atoms with Crippen LogP contribution in [0.25, 0.3) is 101 Å². The number of rotatable bonds is 9. The van der Waals surface area contributed by atoms with Crippen molar-refractivity contribution in [2.24, 2.45) is 0 Å². The number of aromatic nitrogens is 4. The third kappa shape index (κ3) is 7.66. The largest absolute Gasteiger partial charge is 0.255 e. The van der Waals surface area contributed by atoms with Crippen LogP contribution >= 0.6 is 0 Å². The van der Waals surface area contributed by atoms with E-state index in [1.54, 1.807) is 0 Å². The molecule has 2 heterocycles. The maximum Gasteiger partial charge on any atom is 0.164 e. The Hall–Kier alpha value is -8.08. The van der Waals surface area contributed by atoms with Crippen molar-refractivity contribution in [2.75, 3.05) is 0 Å². The zero-order valence-electron chi connectivity index (χ0n) is 32.7. The molecule has 10 rings (SSSR count). The van der Waals surface area contributed by atoms with E-state index in [4.69, 9.17) is 19.9 Å². The highest BCUT2D eigenvalue weighted by Gasteiger charge is 2.16. The lowest BCUT2D eigenvalue weighted by Crippen LogP contribution is -2.00. The van der Waals surface area contributed by atoms with Gasteiger partial charge in [-0.1, -0.05) is 206 Å². The molecule has 10 aromatic rings. The van der Waals surface area contributed by atoms with Crippen LogP contribution in [0.5, 0.6) is 0 Å². The third-order valence-electron chi connectivity index (χ3n) is 10.8. The summed E-state index contributed by atoms with van der Waals surface area (Å²) in [5, 5.41) is 0. The van der Waals surface area contributed by atoms with Gasteiger partial charge in [-0.2, -0.15) is 0 Å². The minimum absolute atomic E-state index is 0.610. The molecule has 282 valence electrons. The van der Waals surface area contributed by atoms with Crippen molar-refractivity contribution in [1.29, 1.82) is 0 Å². The van der Waals surface area contributed by atoms with Crippen LogP contribution < -0.4 is 0 Å². The molecule has 0 spiro atoms. The van der Waals surface area contributed by atoms with E-state index < -0.39 is 0 Å². The van der Waals surface area contributed by atoms with Crippen LogP contribution in [0, 0.1) is 0 Å². The second kappa shape index (κ2) is 16.4. The van der Waals surface area contributed by atoms with E-state index in [0.717, 1.165) is 83.6 Å². The van der Waals surface area contributed by atoms with Gasteiger partial charge in [0.05, 0.1) is 5.69 Å². The molecule has 0 atom stereocenters.